The molecule has 1 aromatic rings. The van der Waals surface area contributed by atoms with Crippen LogP contribution >= 0.6 is 0 Å². The van der Waals surface area contributed by atoms with Crippen LogP contribution in [0.4, 0.5) is 0 Å². The second-order valence-corrected chi connectivity index (χ2v) is 5.64. The van der Waals surface area contributed by atoms with Gasteiger partial charge in [0.2, 0.25) is 0 Å². The van der Waals surface area contributed by atoms with Crippen LogP contribution in [0.5, 0.6) is 0 Å². The summed E-state index contributed by atoms with van der Waals surface area (Å²) in [5.74, 6) is -0.583. The minimum atomic E-state index is -0.990. The fraction of sp³-hybridized carbons (Fsp3) is 0.692. The lowest BCUT2D eigenvalue weighted by Gasteiger charge is -2.39. The van der Waals surface area contributed by atoms with Crippen molar-refractivity contribution >= 4 is 5.97 Å². The van der Waals surface area contributed by atoms with Crippen LogP contribution in [0.1, 0.15) is 55.6 Å². The molecule has 0 saturated heterocycles. The van der Waals surface area contributed by atoms with E-state index in [1.165, 1.54) is 25.5 Å². The first kappa shape index (κ1) is 13.1. The van der Waals surface area contributed by atoms with Crippen LogP contribution in [0, 0.1) is 5.41 Å². The van der Waals surface area contributed by atoms with E-state index in [0.29, 0.717) is 18.3 Å². The minimum Gasteiger partial charge on any atom is -0.478 e. The number of hydrogen-bond acceptors (Lipinski definition) is 4. The molecule has 5 heteroatoms. The molecule has 0 bridgehead atoms. The van der Waals surface area contributed by atoms with Gasteiger partial charge in [0.05, 0.1) is 12.7 Å². The summed E-state index contributed by atoms with van der Waals surface area (Å²) in [5.41, 5.74) is 0.401. The summed E-state index contributed by atoms with van der Waals surface area (Å²) in [5, 5.41) is 15.9. The quantitative estimate of drug-likeness (QED) is 0.860. The Balaban J connectivity index is 1.98. The van der Waals surface area contributed by atoms with Crippen molar-refractivity contribution in [3.63, 3.8) is 0 Å². The van der Waals surface area contributed by atoms with Crippen LogP contribution in [-0.2, 0) is 6.54 Å². The minimum absolute atomic E-state index is 0.149. The predicted molar refractivity (Wildman–Crippen MR) is 66.3 cm³/mol. The zero-order valence-electron chi connectivity index (χ0n) is 10.9. The van der Waals surface area contributed by atoms with Gasteiger partial charge in [-0.2, -0.15) is 0 Å². The summed E-state index contributed by atoms with van der Waals surface area (Å²) >= 11 is 0. The number of nitrogens with one attached hydrogen (secondary N) is 1. The highest BCUT2D eigenvalue weighted by Gasteiger charge is 2.32. The highest BCUT2D eigenvalue weighted by Crippen LogP contribution is 2.35. The molecule has 1 heterocycles. The number of carboxylic acids is 1. The largest absolute Gasteiger partial charge is 0.478 e. The standard InChI is InChI=1S/C13H20N2O3/c1-13(2)6-4-3-5-11(13)14-8-10-9(12(16)17)7-15-18-10/h7,11,14H,3-6,8H2,1-2H3,(H,16,17). The Kier molecular flexibility index (Phi) is 3.71. The van der Waals surface area contributed by atoms with Crippen molar-refractivity contribution in [1.29, 1.82) is 0 Å². The van der Waals surface area contributed by atoms with Crippen LogP contribution in [0.2, 0.25) is 0 Å². The molecule has 1 aliphatic rings. The Morgan fingerprint density at radius 1 is 1.61 bits per heavy atom. The Morgan fingerprint density at radius 3 is 3.06 bits per heavy atom. The summed E-state index contributed by atoms with van der Waals surface area (Å²) in [6.45, 7) is 4.93. The van der Waals surface area contributed by atoms with Crippen molar-refractivity contribution in [2.75, 3.05) is 0 Å². The summed E-state index contributed by atoms with van der Waals surface area (Å²) in [6, 6.07) is 0.401. The molecular formula is C13H20N2O3. The number of nitrogens with zero attached hydrogens (tertiary/aromatic N) is 1. The SMILES string of the molecule is CC1(C)CCCCC1NCc1oncc1C(=O)O. The highest BCUT2D eigenvalue weighted by atomic mass is 16.5. The molecule has 0 aliphatic heterocycles. The molecule has 1 unspecified atom stereocenters. The van der Waals surface area contributed by atoms with Gasteiger partial charge in [0.1, 0.15) is 5.56 Å². The summed E-state index contributed by atoms with van der Waals surface area (Å²) in [7, 11) is 0. The van der Waals surface area contributed by atoms with Gasteiger partial charge in [0.15, 0.2) is 5.76 Å². The first-order chi connectivity index (χ1) is 8.50. The van der Waals surface area contributed by atoms with Crippen molar-refractivity contribution in [3.8, 4) is 0 Å². The molecule has 2 N–H and O–H groups in total. The van der Waals surface area contributed by atoms with Gasteiger partial charge < -0.3 is 14.9 Å². The van der Waals surface area contributed by atoms with E-state index in [2.05, 4.69) is 24.3 Å². The Morgan fingerprint density at radius 2 is 2.39 bits per heavy atom. The van der Waals surface area contributed by atoms with Crippen LogP contribution < -0.4 is 5.32 Å². The molecule has 5 nitrogen and oxygen atoms in total. The predicted octanol–water partition coefficient (Wildman–Crippen LogP) is 2.43. The van der Waals surface area contributed by atoms with Crippen molar-refractivity contribution in [2.24, 2.45) is 5.41 Å². The number of aromatic carboxylic acids is 1. The van der Waals surface area contributed by atoms with E-state index < -0.39 is 5.97 Å². The first-order valence-corrected chi connectivity index (χ1v) is 6.41. The molecular weight excluding hydrogens is 232 g/mol. The summed E-state index contributed by atoms with van der Waals surface area (Å²) < 4.78 is 4.99. The van der Waals surface area contributed by atoms with Gasteiger partial charge in [0.25, 0.3) is 0 Å². The Hall–Kier alpha value is -1.36. The van der Waals surface area contributed by atoms with Gasteiger partial charge >= 0.3 is 5.97 Å². The lowest BCUT2D eigenvalue weighted by molar-refractivity contribution is 0.0693. The van der Waals surface area contributed by atoms with Crippen molar-refractivity contribution < 1.29 is 14.4 Å². The van der Waals surface area contributed by atoms with Crippen LogP contribution in [0.25, 0.3) is 0 Å². The monoisotopic (exact) mass is 252 g/mol. The van der Waals surface area contributed by atoms with Crippen molar-refractivity contribution in [1.82, 2.24) is 10.5 Å². The highest BCUT2D eigenvalue weighted by molar-refractivity contribution is 5.88. The number of carbonyl (C=O) groups is 1. The first-order valence-electron chi connectivity index (χ1n) is 6.41. The fourth-order valence-electron chi connectivity index (χ4n) is 2.65. The van der Waals surface area contributed by atoms with Gasteiger partial charge in [-0.05, 0) is 18.3 Å². The van der Waals surface area contributed by atoms with Gasteiger partial charge in [0, 0.05) is 6.04 Å². The second-order valence-electron chi connectivity index (χ2n) is 5.64. The van der Waals surface area contributed by atoms with Crippen LogP contribution in [0.3, 0.4) is 0 Å². The van der Waals surface area contributed by atoms with Gasteiger partial charge in [-0.3, -0.25) is 0 Å². The third-order valence-corrected chi connectivity index (χ3v) is 3.89. The number of rotatable bonds is 4. The van der Waals surface area contributed by atoms with E-state index in [-0.39, 0.29) is 11.0 Å². The average Bonchev–Trinajstić information content (AvgIpc) is 2.75. The molecule has 1 saturated carbocycles. The molecule has 2 rings (SSSR count). The zero-order chi connectivity index (χ0) is 13.2. The van der Waals surface area contributed by atoms with Gasteiger partial charge in [-0.15, -0.1) is 0 Å². The van der Waals surface area contributed by atoms with Crippen molar-refractivity contribution in [2.45, 2.75) is 52.1 Å². The lowest BCUT2D eigenvalue weighted by Crippen LogP contribution is -2.43. The maximum Gasteiger partial charge on any atom is 0.341 e. The molecule has 1 fully saturated rings. The molecule has 1 atom stereocenters. The topological polar surface area (TPSA) is 75.4 Å². The molecule has 1 aromatic heterocycles. The average molecular weight is 252 g/mol. The fourth-order valence-corrected chi connectivity index (χ4v) is 2.65. The molecule has 18 heavy (non-hydrogen) atoms. The molecule has 1 aliphatic carbocycles. The molecule has 0 amide bonds. The van der Waals surface area contributed by atoms with E-state index in [0.717, 1.165) is 6.42 Å². The van der Waals surface area contributed by atoms with Crippen molar-refractivity contribution in [3.05, 3.63) is 17.5 Å². The molecule has 0 radical (unpaired) electrons. The Bertz CT molecular complexity index is 426. The number of carboxylic acid groups (broad SMARTS) is 1. The molecule has 100 valence electrons. The van der Waals surface area contributed by atoms with E-state index >= 15 is 0 Å². The lowest BCUT2D eigenvalue weighted by atomic mass is 9.73. The normalized spacial score (nSPS) is 22.9. The second kappa shape index (κ2) is 5.10. The van der Waals surface area contributed by atoms with E-state index in [1.54, 1.807) is 0 Å². The summed E-state index contributed by atoms with van der Waals surface area (Å²) in [6.07, 6.45) is 6.08. The zero-order valence-corrected chi connectivity index (χ0v) is 10.9. The number of hydrogen-bond donors (Lipinski definition) is 2. The Labute approximate surface area is 107 Å². The van der Waals surface area contributed by atoms with E-state index in [1.807, 2.05) is 0 Å². The molecule has 0 aromatic carbocycles. The van der Waals surface area contributed by atoms with Crippen LogP contribution in [-0.4, -0.2) is 22.3 Å². The number of aromatic nitrogens is 1. The molecule has 0 spiro atoms. The third kappa shape index (κ3) is 2.72. The van der Waals surface area contributed by atoms with Gasteiger partial charge in [-0.25, -0.2) is 4.79 Å². The third-order valence-electron chi connectivity index (χ3n) is 3.89. The van der Waals surface area contributed by atoms with E-state index in [4.69, 9.17) is 9.63 Å². The van der Waals surface area contributed by atoms with Gasteiger partial charge in [-0.1, -0.05) is 31.8 Å². The van der Waals surface area contributed by atoms with E-state index in [9.17, 15) is 4.79 Å². The summed E-state index contributed by atoms with van der Waals surface area (Å²) in [4.78, 5) is 10.9. The smallest absolute Gasteiger partial charge is 0.341 e. The van der Waals surface area contributed by atoms with Crippen LogP contribution in [0.15, 0.2) is 10.7 Å². The maximum atomic E-state index is 10.9. The maximum absolute atomic E-state index is 10.9.